The van der Waals surface area contributed by atoms with Gasteiger partial charge in [-0.25, -0.2) is 4.79 Å². The summed E-state index contributed by atoms with van der Waals surface area (Å²) in [5.41, 5.74) is 0.858. The number of amides is 1. The molecule has 0 saturated heterocycles. The van der Waals surface area contributed by atoms with E-state index >= 15 is 0 Å². The molecular formula is C17H19NO5. The van der Waals surface area contributed by atoms with Crippen molar-refractivity contribution in [2.75, 3.05) is 13.7 Å². The number of aromatic carboxylic acids is 1. The molecule has 2 rings (SSSR count). The number of benzene rings is 1. The molecule has 0 aliphatic carbocycles. The molecule has 0 saturated carbocycles. The maximum atomic E-state index is 12.1. The predicted molar refractivity (Wildman–Crippen MR) is 83.2 cm³/mol. The lowest BCUT2D eigenvalue weighted by atomic mass is 10.0. The monoisotopic (exact) mass is 317 g/mol. The fourth-order valence-corrected chi connectivity index (χ4v) is 2.31. The minimum Gasteiger partial charge on any atom is -0.478 e. The maximum Gasteiger partial charge on any atom is 0.335 e. The van der Waals surface area contributed by atoms with Crippen LogP contribution in [-0.2, 0) is 16.0 Å². The van der Waals surface area contributed by atoms with Gasteiger partial charge in [0, 0.05) is 13.5 Å². The Morgan fingerprint density at radius 1 is 1.26 bits per heavy atom. The van der Waals surface area contributed by atoms with Crippen LogP contribution in [0, 0.1) is 0 Å². The summed E-state index contributed by atoms with van der Waals surface area (Å²) >= 11 is 0. The molecule has 1 aromatic heterocycles. The van der Waals surface area contributed by atoms with E-state index in [2.05, 4.69) is 5.32 Å². The number of rotatable bonds is 8. The molecule has 6 heteroatoms. The third-order valence-electron chi connectivity index (χ3n) is 3.42. The zero-order valence-electron chi connectivity index (χ0n) is 12.8. The summed E-state index contributed by atoms with van der Waals surface area (Å²) in [6.07, 6.45) is 2.07. The van der Waals surface area contributed by atoms with Gasteiger partial charge in [0.1, 0.15) is 11.8 Å². The third kappa shape index (κ3) is 4.69. The van der Waals surface area contributed by atoms with E-state index in [1.165, 1.54) is 12.3 Å². The predicted octanol–water partition coefficient (Wildman–Crippen LogP) is 2.41. The second-order valence-electron chi connectivity index (χ2n) is 5.05. The van der Waals surface area contributed by atoms with Gasteiger partial charge in [-0.3, -0.25) is 4.79 Å². The van der Waals surface area contributed by atoms with E-state index in [1.807, 2.05) is 0 Å². The third-order valence-corrected chi connectivity index (χ3v) is 3.42. The SMILES string of the molecule is COCC(NC(=O)CCc1ccccc1C(=O)O)c1ccco1. The first kappa shape index (κ1) is 16.8. The topological polar surface area (TPSA) is 88.8 Å². The van der Waals surface area contributed by atoms with Crippen molar-refractivity contribution in [3.05, 3.63) is 59.5 Å². The minimum absolute atomic E-state index is 0.186. The smallest absolute Gasteiger partial charge is 0.335 e. The van der Waals surface area contributed by atoms with Gasteiger partial charge < -0.3 is 19.6 Å². The summed E-state index contributed by atoms with van der Waals surface area (Å²) in [4.78, 5) is 23.3. The molecule has 1 amide bonds. The number of carboxylic acid groups (broad SMARTS) is 1. The van der Waals surface area contributed by atoms with E-state index in [-0.39, 0.29) is 23.9 Å². The highest BCUT2D eigenvalue weighted by Gasteiger charge is 2.17. The average molecular weight is 317 g/mol. The number of nitrogens with one attached hydrogen (secondary N) is 1. The van der Waals surface area contributed by atoms with Gasteiger partial charge in [0.25, 0.3) is 0 Å². The standard InChI is InChI=1S/C17H19NO5/c1-22-11-14(15-7-4-10-23-15)18-16(19)9-8-12-5-2-3-6-13(12)17(20)21/h2-7,10,14H,8-9,11H2,1H3,(H,18,19)(H,20,21). The molecule has 0 bridgehead atoms. The summed E-state index contributed by atoms with van der Waals surface area (Å²) < 4.78 is 10.4. The van der Waals surface area contributed by atoms with Crippen LogP contribution in [0.3, 0.4) is 0 Å². The zero-order valence-corrected chi connectivity index (χ0v) is 12.8. The minimum atomic E-state index is -0.992. The van der Waals surface area contributed by atoms with Crippen molar-refractivity contribution < 1.29 is 23.8 Å². The molecule has 0 aliphatic rings. The Bertz CT molecular complexity index is 651. The second kappa shape index (κ2) is 8.14. The van der Waals surface area contributed by atoms with E-state index < -0.39 is 5.97 Å². The Morgan fingerprint density at radius 2 is 2.04 bits per heavy atom. The first-order valence-electron chi connectivity index (χ1n) is 7.24. The number of methoxy groups -OCH3 is 1. The first-order chi connectivity index (χ1) is 11.1. The van der Waals surface area contributed by atoms with E-state index in [0.717, 1.165) is 0 Å². The number of hydrogen-bond donors (Lipinski definition) is 2. The molecule has 0 radical (unpaired) electrons. The molecule has 1 heterocycles. The van der Waals surface area contributed by atoms with Crippen LogP contribution in [0.4, 0.5) is 0 Å². The van der Waals surface area contributed by atoms with Crippen LogP contribution in [0.2, 0.25) is 0 Å². The summed E-state index contributed by atoms with van der Waals surface area (Å²) in [6.45, 7) is 0.297. The van der Waals surface area contributed by atoms with Gasteiger partial charge in [-0.05, 0) is 30.2 Å². The molecule has 0 spiro atoms. The number of hydrogen-bond acceptors (Lipinski definition) is 4. The fraction of sp³-hybridized carbons (Fsp3) is 0.294. The van der Waals surface area contributed by atoms with Crippen LogP contribution < -0.4 is 5.32 Å². The number of aryl methyl sites for hydroxylation is 1. The van der Waals surface area contributed by atoms with Crippen molar-refractivity contribution in [2.45, 2.75) is 18.9 Å². The van der Waals surface area contributed by atoms with Gasteiger partial charge in [-0.15, -0.1) is 0 Å². The summed E-state index contributed by atoms with van der Waals surface area (Å²) in [7, 11) is 1.55. The van der Waals surface area contributed by atoms with Crippen LogP contribution in [0.1, 0.15) is 34.1 Å². The molecule has 122 valence electrons. The van der Waals surface area contributed by atoms with Crippen molar-refractivity contribution >= 4 is 11.9 Å². The van der Waals surface area contributed by atoms with E-state index in [9.17, 15) is 9.59 Å². The van der Waals surface area contributed by atoms with Crippen molar-refractivity contribution in [1.29, 1.82) is 0 Å². The summed E-state index contributed by atoms with van der Waals surface area (Å²) in [5.74, 6) is -0.566. The highest BCUT2D eigenvalue weighted by Crippen LogP contribution is 2.15. The van der Waals surface area contributed by atoms with Gasteiger partial charge in [-0.1, -0.05) is 18.2 Å². The lowest BCUT2D eigenvalue weighted by Crippen LogP contribution is -2.31. The number of carbonyl (C=O) groups excluding carboxylic acids is 1. The molecule has 2 N–H and O–H groups in total. The molecule has 23 heavy (non-hydrogen) atoms. The Morgan fingerprint density at radius 3 is 2.70 bits per heavy atom. The molecule has 1 atom stereocenters. The average Bonchev–Trinajstić information content (AvgIpc) is 3.07. The Kier molecular flexibility index (Phi) is 5.94. The number of carbonyl (C=O) groups is 2. The lowest BCUT2D eigenvalue weighted by Gasteiger charge is -2.16. The van der Waals surface area contributed by atoms with Crippen LogP contribution in [0.25, 0.3) is 0 Å². The van der Waals surface area contributed by atoms with Gasteiger partial charge in [0.15, 0.2) is 0 Å². The van der Waals surface area contributed by atoms with Crippen molar-refractivity contribution in [3.63, 3.8) is 0 Å². The summed E-state index contributed by atoms with van der Waals surface area (Å²) in [6, 6.07) is 9.82. The molecule has 0 fully saturated rings. The highest BCUT2D eigenvalue weighted by atomic mass is 16.5. The van der Waals surface area contributed by atoms with Gasteiger partial charge >= 0.3 is 5.97 Å². The zero-order chi connectivity index (χ0) is 16.7. The highest BCUT2D eigenvalue weighted by molar-refractivity contribution is 5.89. The molecule has 1 unspecified atom stereocenters. The quantitative estimate of drug-likeness (QED) is 0.780. The van der Waals surface area contributed by atoms with Crippen molar-refractivity contribution in [3.8, 4) is 0 Å². The number of furan rings is 1. The summed E-state index contributed by atoms with van der Waals surface area (Å²) in [5, 5.41) is 12.0. The molecule has 1 aromatic carbocycles. The first-order valence-corrected chi connectivity index (χ1v) is 7.24. The van der Waals surface area contributed by atoms with Crippen molar-refractivity contribution in [1.82, 2.24) is 5.32 Å². The number of ether oxygens (including phenoxy) is 1. The molecular weight excluding hydrogens is 298 g/mol. The normalized spacial score (nSPS) is 11.9. The van der Waals surface area contributed by atoms with Crippen LogP contribution in [0.5, 0.6) is 0 Å². The van der Waals surface area contributed by atoms with Gasteiger partial charge in [0.05, 0.1) is 18.4 Å². The Labute approximate surface area is 134 Å². The van der Waals surface area contributed by atoms with E-state index in [0.29, 0.717) is 24.4 Å². The molecule has 2 aromatic rings. The second-order valence-corrected chi connectivity index (χ2v) is 5.05. The van der Waals surface area contributed by atoms with Crippen LogP contribution >= 0.6 is 0 Å². The molecule has 0 aliphatic heterocycles. The van der Waals surface area contributed by atoms with Gasteiger partial charge in [0.2, 0.25) is 5.91 Å². The lowest BCUT2D eigenvalue weighted by molar-refractivity contribution is -0.122. The number of carboxylic acids is 1. The molecule has 6 nitrogen and oxygen atoms in total. The Balaban J connectivity index is 1.95. The van der Waals surface area contributed by atoms with Crippen molar-refractivity contribution in [2.24, 2.45) is 0 Å². The van der Waals surface area contributed by atoms with E-state index in [1.54, 1.807) is 37.4 Å². The van der Waals surface area contributed by atoms with Crippen LogP contribution in [-0.4, -0.2) is 30.7 Å². The Hall–Kier alpha value is -2.60. The van der Waals surface area contributed by atoms with Crippen LogP contribution in [0.15, 0.2) is 47.1 Å². The van der Waals surface area contributed by atoms with Gasteiger partial charge in [-0.2, -0.15) is 0 Å². The van der Waals surface area contributed by atoms with E-state index in [4.69, 9.17) is 14.3 Å². The fourth-order valence-electron chi connectivity index (χ4n) is 2.31. The maximum absolute atomic E-state index is 12.1. The largest absolute Gasteiger partial charge is 0.478 e.